The van der Waals surface area contributed by atoms with Gasteiger partial charge < -0.3 is 0 Å². The zero-order chi connectivity index (χ0) is 13.8. The fourth-order valence-corrected chi connectivity index (χ4v) is 2.15. The van der Waals surface area contributed by atoms with Crippen molar-refractivity contribution in [3.8, 4) is 0 Å². The van der Waals surface area contributed by atoms with Gasteiger partial charge in [0.15, 0.2) is 29.1 Å². The lowest BCUT2D eigenvalue weighted by molar-refractivity contribution is 0.448. The highest BCUT2D eigenvalue weighted by Crippen LogP contribution is 2.34. The summed E-state index contributed by atoms with van der Waals surface area (Å²) >= 11 is 0. The molecule has 0 amide bonds. The van der Waals surface area contributed by atoms with E-state index in [0.29, 0.717) is 0 Å². The summed E-state index contributed by atoms with van der Waals surface area (Å²) in [5.41, 5.74) is -0.834. The molecule has 0 aliphatic heterocycles. The van der Waals surface area contributed by atoms with Gasteiger partial charge in [-0.15, -0.1) is 0 Å². The van der Waals surface area contributed by atoms with E-state index in [1.54, 1.807) is 0 Å². The summed E-state index contributed by atoms with van der Waals surface area (Å²) in [4.78, 5) is 0. The third kappa shape index (κ3) is 1.43. The Hall–Kier alpha value is -1.65. The highest BCUT2D eigenvalue weighted by molar-refractivity contribution is 5.92. The molecular formula is C13H9F5. The van der Waals surface area contributed by atoms with Crippen LogP contribution in [0, 0.1) is 49.9 Å². The average molecular weight is 260 g/mol. The molecule has 0 atom stereocenters. The predicted molar refractivity (Wildman–Crippen MR) is 57.9 cm³/mol. The number of benzene rings is 2. The molecule has 0 heterocycles. The Balaban J connectivity index is 3.22. The summed E-state index contributed by atoms with van der Waals surface area (Å²) in [5, 5.41) is -0.536. The fourth-order valence-electron chi connectivity index (χ4n) is 2.15. The van der Waals surface area contributed by atoms with Gasteiger partial charge >= 0.3 is 0 Å². The molecule has 96 valence electrons. The maximum atomic E-state index is 13.7. The standard InChI is InChI=1S/C13H9F5/c1-4-7-5(2)11(16)13(18)12(17)8(7)6(3)10(15)9(4)14/h1-3H3. The van der Waals surface area contributed by atoms with Gasteiger partial charge in [-0.3, -0.25) is 0 Å². The lowest BCUT2D eigenvalue weighted by Gasteiger charge is -2.13. The molecular weight excluding hydrogens is 251 g/mol. The highest BCUT2D eigenvalue weighted by Gasteiger charge is 2.24. The molecule has 0 saturated carbocycles. The topological polar surface area (TPSA) is 0 Å². The SMILES string of the molecule is Cc1c(F)c(F)c(C)c2c(F)c(F)c(F)c(C)c12. The molecule has 5 heteroatoms. The van der Waals surface area contributed by atoms with Crippen LogP contribution in [0.1, 0.15) is 16.7 Å². The number of fused-ring (bicyclic) bond motifs is 1. The van der Waals surface area contributed by atoms with Crippen LogP contribution in [0.2, 0.25) is 0 Å². The number of hydrogen-bond donors (Lipinski definition) is 0. The molecule has 0 aromatic heterocycles. The van der Waals surface area contributed by atoms with Crippen molar-refractivity contribution in [2.45, 2.75) is 20.8 Å². The van der Waals surface area contributed by atoms with Crippen LogP contribution < -0.4 is 0 Å². The first-order valence-corrected chi connectivity index (χ1v) is 5.19. The van der Waals surface area contributed by atoms with Crippen LogP contribution in [0.15, 0.2) is 0 Å². The first kappa shape index (κ1) is 12.8. The average Bonchev–Trinajstić information content (AvgIpc) is 2.35. The molecule has 0 aliphatic carbocycles. The Kier molecular flexibility index (Phi) is 2.80. The zero-order valence-corrected chi connectivity index (χ0v) is 9.89. The Bertz CT molecular complexity index is 560. The van der Waals surface area contributed by atoms with Crippen molar-refractivity contribution in [1.29, 1.82) is 0 Å². The highest BCUT2D eigenvalue weighted by atomic mass is 19.2. The number of aryl methyl sites for hydroxylation is 3. The van der Waals surface area contributed by atoms with Crippen molar-refractivity contribution in [3.63, 3.8) is 0 Å². The lowest BCUT2D eigenvalue weighted by Crippen LogP contribution is -2.04. The first-order valence-electron chi connectivity index (χ1n) is 5.19. The van der Waals surface area contributed by atoms with Crippen LogP contribution >= 0.6 is 0 Å². The van der Waals surface area contributed by atoms with Crippen LogP contribution in [0.5, 0.6) is 0 Å². The molecule has 0 nitrogen and oxygen atoms in total. The van der Waals surface area contributed by atoms with Gasteiger partial charge in [-0.1, -0.05) is 0 Å². The fraction of sp³-hybridized carbons (Fsp3) is 0.231. The zero-order valence-electron chi connectivity index (χ0n) is 9.89. The molecule has 0 fully saturated rings. The molecule has 0 N–H and O–H groups in total. The van der Waals surface area contributed by atoms with Gasteiger partial charge in [-0.25, -0.2) is 22.0 Å². The quantitative estimate of drug-likeness (QED) is 0.484. The van der Waals surface area contributed by atoms with E-state index in [1.165, 1.54) is 13.8 Å². The van der Waals surface area contributed by atoms with Crippen molar-refractivity contribution in [2.24, 2.45) is 0 Å². The maximum Gasteiger partial charge on any atom is 0.195 e. The van der Waals surface area contributed by atoms with Crippen molar-refractivity contribution in [3.05, 3.63) is 45.8 Å². The monoisotopic (exact) mass is 260 g/mol. The smallest absolute Gasteiger partial charge is 0.195 e. The van der Waals surface area contributed by atoms with Gasteiger partial charge in [0.1, 0.15) is 0 Å². The van der Waals surface area contributed by atoms with Crippen LogP contribution in [0.4, 0.5) is 22.0 Å². The van der Waals surface area contributed by atoms with Gasteiger partial charge in [0.2, 0.25) is 0 Å². The Morgan fingerprint density at radius 3 is 1.22 bits per heavy atom. The second-order valence-corrected chi connectivity index (χ2v) is 4.19. The van der Waals surface area contributed by atoms with Gasteiger partial charge in [-0.05, 0) is 42.8 Å². The minimum Gasteiger partial charge on any atom is -0.203 e. The van der Waals surface area contributed by atoms with Crippen molar-refractivity contribution in [2.75, 3.05) is 0 Å². The van der Waals surface area contributed by atoms with E-state index in [4.69, 9.17) is 0 Å². The van der Waals surface area contributed by atoms with Gasteiger partial charge in [-0.2, -0.15) is 0 Å². The molecule has 0 bridgehead atoms. The van der Waals surface area contributed by atoms with Crippen LogP contribution in [-0.4, -0.2) is 0 Å². The van der Waals surface area contributed by atoms with E-state index in [0.717, 1.165) is 6.92 Å². The minimum atomic E-state index is -1.67. The van der Waals surface area contributed by atoms with E-state index in [1.807, 2.05) is 0 Å². The molecule has 2 aromatic rings. The van der Waals surface area contributed by atoms with E-state index in [2.05, 4.69) is 0 Å². The lowest BCUT2D eigenvalue weighted by atomic mass is 9.95. The number of halogens is 5. The summed E-state index contributed by atoms with van der Waals surface area (Å²) in [6.45, 7) is 3.52. The minimum absolute atomic E-state index is 0.122. The Morgan fingerprint density at radius 1 is 0.444 bits per heavy atom. The molecule has 0 aliphatic rings. The molecule has 0 radical (unpaired) electrons. The Labute approximate surface area is 100 Å². The summed E-state index contributed by atoms with van der Waals surface area (Å²) < 4.78 is 67.5. The summed E-state index contributed by atoms with van der Waals surface area (Å²) in [6.07, 6.45) is 0. The second kappa shape index (κ2) is 3.93. The summed E-state index contributed by atoms with van der Waals surface area (Å²) in [6, 6.07) is 0. The van der Waals surface area contributed by atoms with Crippen LogP contribution in [0.3, 0.4) is 0 Å². The molecule has 0 spiro atoms. The van der Waals surface area contributed by atoms with Crippen LogP contribution in [-0.2, 0) is 0 Å². The largest absolute Gasteiger partial charge is 0.203 e. The van der Waals surface area contributed by atoms with E-state index >= 15 is 0 Å². The van der Waals surface area contributed by atoms with Crippen LogP contribution in [0.25, 0.3) is 10.8 Å². The van der Waals surface area contributed by atoms with Crippen molar-refractivity contribution < 1.29 is 22.0 Å². The molecule has 18 heavy (non-hydrogen) atoms. The number of hydrogen-bond acceptors (Lipinski definition) is 0. The van der Waals surface area contributed by atoms with E-state index < -0.39 is 34.5 Å². The van der Waals surface area contributed by atoms with E-state index in [-0.39, 0.29) is 22.1 Å². The Morgan fingerprint density at radius 2 is 0.778 bits per heavy atom. The summed E-state index contributed by atoms with van der Waals surface area (Å²) in [7, 11) is 0. The summed E-state index contributed by atoms with van der Waals surface area (Å²) in [5.74, 6) is -6.97. The normalized spacial score (nSPS) is 11.3. The second-order valence-electron chi connectivity index (χ2n) is 4.19. The third-order valence-corrected chi connectivity index (χ3v) is 3.16. The molecule has 2 rings (SSSR count). The first-order chi connectivity index (χ1) is 8.29. The number of rotatable bonds is 0. The molecule has 0 unspecified atom stereocenters. The molecule has 0 saturated heterocycles. The third-order valence-electron chi connectivity index (χ3n) is 3.16. The van der Waals surface area contributed by atoms with Gasteiger partial charge in [0.05, 0.1) is 0 Å². The van der Waals surface area contributed by atoms with Gasteiger partial charge in [0.25, 0.3) is 0 Å². The molecule has 2 aromatic carbocycles. The predicted octanol–water partition coefficient (Wildman–Crippen LogP) is 4.46. The van der Waals surface area contributed by atoms with Crippen molar-refractivity contribution >= 4 is 10.8 Å². The van der Waals surface area contributed by atoms with Gasteiger partial charge in [0, 0.05) is 5.39 Å². The van der Waals surface area contributed by atoms with Crippen molar-refractivity contribution in [1.82, 2.24) is 0 Å². The maximum absolute atomic E-state index is 13.7. The van der Waals surface area contributed by atoms with E-state index in [9.17, 15) is 22.0 Å².